The second-order valence-corrected chi connectivity index (χ2v) is 7.21. The molecule has 1 amide bonds. The minimum atomic E-state index is -0.473. The maximum absolute atomic E-state index is 14.0. The Labute approximate surface area is 186 Å². The van der Waals surface area contributed by atoms with Crippen LogP contribution < -0.4 is 10.1 Å². The summed E-state index contributed by atoms with van der Waals surface area (Å²) in [4.78, 5) is 16.6. The highest BCUT2D eigenvalue weighted by Crippen LogP contribution is 2.20. The Morgan fingerprint density at radius 1 is 1.13 bits per heavy atom. The minimum absolute atomic E-state index is 0.0189. The number of nitrogens with zero attached hydrogens (tertiary/aromatic N) is 5. The van der Waals surface area contributed by atoms with E-state index in [1.807, 2.05) is 0 Å². The van der Waals surface area contributed by atoms with Crippen LogP contribution in [0, 0.1) is 5.82 Å². The molecule has 0 spiro atoms. The molecule has 0 bridgehead atoms. The molecule has 0 aliphatic rings. The summed E-state index contributed by atoms with van der Waals surface area (Å²) in [6.07, 6.45) is 2.85. The smallest absolute Gasteiger partial charge is 0.276 e. The molecule has 4 rings (SSSR count). The Morgan fingerprint density at radius 3 is 2.71 bits per heavy atom. The highest BCUT2D eigenvalue weighted by molar-refractivity contribution is 6.31. The molecule has 2 aromatic heterocycles. The zero-order chi connectivity index (χ0) is 21.8. The summed E-state index contributed by atoms with van der Waals surface area (Å²) in [5.74, 6) is -0.278. The van der Waals surface area contributed by atoms with Crippen LogP contribution in [-0.4, -0.2) is 30.5 Å². The normalized spacial score (nSPS) is 10.8. The van der Waals surface area contributed by atoms with Gasteiger partial charge in [0.15, 0.2) is 6.73 Å². The first kappa shape index (κ1) is 20.8. The molecule has 0 radical (unpaired) electrons. The van der Waals surface area contributed by atoms with Crippen molar-refractivity contribution in [2.75, 3.05) is 5.32 Å². The van der Waals surface area contributed by atoms with E-state index in [9.17, 15) is 9.18 Å². The fourth-order valence-electron chi connectivity index (χ4n) is 2.73. The van der Waals surface area contributed by atoms with Gasteiger partial charge in [0, 0.05) is 21.8 Å². The van der Waals surface area contributed by atoms with E-state index in [2.05, 4.69) is 20.5 Å². The summed E-state index contributed by atoms with van der Waals surface area (Å²) >= 11 is 11.9. The lowest BCUT2D eigenvalue weighted by Crippen LogP contribution is -2.20. The van der Waals surface area contributed by atoms with Crippen molar-refractivity contribution in [1.29, 1.82) is 0 Å². The Kier molecular flexibility index (Phi) is 6.15. The summed E-state index contributed by atoms with van der Waals surface area (Å²) in [6, 6.07) is 12.8. The van der Waals surface area contributed by atoms with E-state index in [0.717, 1.165) is 0 Å². The number of carbonyl (C=O) groups excluding carboxylic acids is 1. The van der Waals surface area contributed by atoms with Crippen molar-refractivity contribution in [3.05, 3.63) is 88.2 Å². The molecule has 0 atom stereocenters. The second-order valence-electron chi connectivity index (χ2n) is 6.36. The Balaban J connectivity index is 1.40. The molecule has 8 nitrogen and oxygen atoms in total. The number of ether oxygens (including phenoxy) is 1. The van der Waals surface area contributed by atoms with Gasteiger partial charge >= 0.3 is 0 Å². The maximum Gasteiger partial charge on any atom is 0.276 e. The van der Waals surface area contributed by atoms with Gasteiger partial charge in [-0.05, 0) is 42.5 Å². The fourth-order valence-corrected chi connectivity index (χ4v) is 3.08. The van der Waals surface area contributed by atoms with E-state index in [-0.39, 0.29) is 35.5 Å². The van der Waals surface area contributed by atoms with Crippen LogP contribution in [0.2, 0.25) is 10.0 Å². The standard InChI is InChI=1S/C20H15Cl2FN6O2/c21-13-4-6-14(7-5-13)31-12-29-18(8-9-25-29)19(30)26-20-24-11-28(27-20)10-15-16(22)2-1-3-17(15)23/h1-9,11H,10,12H2,(H,26,27,30). The van der Waals surface area contributed by atoms with Gasteiger partial charge in [-0.15, -0.1) is 5.10 Å². The monoisotopic (exact) mass is 460 g/mol. The summed E-state index contributed by atoms with van der Waals surface area (Å²) < 4.78 is 22.3. The highest BCUT2D eigenvalue weighted by atomic mass is 35.5. The van der Waals surface area contributed by atoms with Crippen LogP contribution in [0.25, 0.3) is 0 Å². The van der Waals surface area contributed by atoms with Gasteiger partial charge in [-0.2, -0.15) is 5.10 Å². The first-order valence-electron chi connectivity index (χ1n) is 9.03. The van der Waals surface area contributed by atoms with E-state index >= 15 is 0 Å². The number of aromatic nitrogens is 5. The largest absolute Gasteiger partial charge is 0.471 e. The Bertz CT molecular complexity index is 1190. The topological polar surface area (TPSA) is 86.9 Å². The number of amides is 1. The maximum atomic E-state index is 14.0. The van der Waals surface area contributed by atoms with E-state index in [1.165, 1.54) is 40.1 Å². The molecule has 0 aliphatic carbocycles. The van der Waals surface area contributed by atoms with Crippen LogP contribution in [0.5, 0.6) is 5.75 Å². The lowest BCUT2D eigenvalue weighted by atomic mass is 10.2. The Hall–Kier alpha value is -3.43. The van der Waals surface area contributed by atoms with E-state index in [1.54, 1.807) is 30.3 Å². The molecule has 31 heavy (non-hydrogen) atoms. The zero-order valence-corrected chi connectivity index (χ0v) is 17.4. The van der Waals surface area contributed by atoms with Gasteiger partial charge in [-0.1, -0.05) is 29.3 Å². The minimum Gasteiger partial charge on any atom is -0.471 e. The number of rotatable bonds is 7. The van der Waals surface area contributed by atoms with Crippen molar-refractivity contribution in [1.82, 2.24) is 24.5 Å². The molecule has 11 heteroatoms. The average Bonchev–Trinajstić information content (AvgIpc) is 3.40. The van der Waals surface area contributed by atoms with Crippen LogP contribution in [0.4, 0.5) is 10.3 Å². The molecule has 0 fully saturated rings. The fraction of sp³-hybridized carbons (Fsp3) is 0.100. The molecule has 158 valence electrons. The molecule has 0 saturated heterocycles. The van der Waals surface area contributed by atoms with Gasteiger partial charge < -0.3 is 4.74 Å². The number of halogens is 3. The molecule has 4 aromatic rings. The van der Waals surface area contributed by atoms with Crippen molar-refractivity contribution in [3.8, 4) is 5.75 Å². The first-order valence-corrected chi connectivity index (χ1v) is 9.79. The predicted molar refractivity (Wildman–Crippen MR) is 113 cm³/mol. The van der Waals surface area contributed by atoms with Crippen LogP contribution >= 0.6 is 23.2 Å². The number of hydrogen-bond acceptors (Lipinski definition) is 5. The Morgan fingerprint density at radius 2 is 1.94 bits per heavy atom. The van der Waals surface area contributed by atoms with Crippen molar-refractivity contribution in [2.24, 2.45) is 0 Å². The number of nitrogens with one attached hydrogen (secondary N) is 1. The molecular formula is C20H15Cl2FN6O2. The summed E-state index contributed by atoms with van der Waals surface area (Å²) in [6.45, 7) is 0.0896. The number of hydrogen-bond donors (Lipinski definition) is 1. The van der Waals surface area contributed by atoms with Crippen molar-refractivity contribution < 1.29 is 13.9 Å². The van der Waals surface area contributed by atoms with Crippen LogP contribution in [0.1, 0.15) is 16.1 Å². The van der Waals surface area contributed by atoms with E-state index < -0.39 is 11.7 Å². The van der Waals surface area contributed by atoms with E-state index in [0.29, 0.717) is 10.8 Å². The number of benzene rings is 2. The van der Waals surface area contributed by atoms with Crippen LogP contribution in [0.15, 0.2) is 61.1 Å². The number of anilines is 1. The molecule has 2 aromatic carbocycles. The lowest BCUT2D eigenvalue weighted by molar-refractivity contribution is 0.100. The van der Waals surface area contributed by atoms with Gasteiger partial charge in [-0.25, -0.2) is 18.7 Å². The van der Waals surface area contributed by atoms with Crippen LogP contribution in [0.3, 0.4) is 0 Å². The summed E-state index contributed by atoms with van der Waals surface area (Å²) in [7, 11) is 0. The van der Waals surface area contributed by atoms with Crippen molar-refractivity contribution in [2.45, 2.75) is 13.3 Å². The third kappa shape index (κ3) is 5.01. The van der Waals surface area contributed by atoms with Crippen molar-refractivity contribution in [3.63, 3.8) is 0 Å². The van der Waals surface area contributed by atoms with Crippen LogP contribution in [-0.2, 0) is 13.3 Å². The zero-order valence-electron chi connectivity index (χ0n) is 15.9. The average molecular weight is 461 g/mol. The SMILES string of the molecule is O=C(Nc1ncn(Cc2c(F)cccc2Cl)n1)c1ccnn1COc1ccc(Cl)cc1. The molecule has 0 saturated carbocycles. The molecule has 0 aliphatic heterocycles. The quantitative estimate of drug-likeness (QED) is 0.445. The van der Waals surface area contributed by atoms with Gasteiger partial charge in [-0.3, -0.25) is 10.1 Å². The van der Waals surface area contributed by atoms with Gasteiger partial charge in [0.1, 0.15) is 23.6 Å². The second kappa shape index (κ2) is 9.15. The molecule has 0 unspecified atom stereocenters. The lowest BCUT2D eigenvalue weighted by Gasteiger charge is -2.09. The molecule has 1 N–H and O–H groups in total. The summed E-state index contributed by atoms with van der Waals surface area (Å²) in [5, 5.41) is 11.7. The predicted octanol–water partition coefficient (Wildman–Crippen LogP) is 4.26. The first-order chi connectivity index (χ1) is 15.0. The van der Waals surface area contributed by atoms with Gasteiger partial charge in [0.2, 0.25) is 5.95 Å². The molecular weight excluding hydrogens is 446 g/mol. The van der Waals surface area contributed by atoms with Gasteiger partial charge in [0.25, 0.3) is 5.91 Å². The third-order valence-corrected chi connectivity index (χ3v) is 4.87. The highest BCUT2D eigenvalue weighted by Gasteiger charge is 2.15. The van der Waals surface area contributed by atoms with Gasteiger partial charge in [0.05, 0.1) is 6.54 Å². The third-order valence-electron chi connectivity index (χ3n) is 4.26. The van der Waals surface area contributed by atoms with Crippen molar-refractivity contribution >= 4 is 35.1 Å². The summed E-state index contributed by atoms with van der Waals surface area (Å²) in [5.41, 5.74) is 0.534. The van der Waals surface area contributed by atoms with E-state index in [4.69, 9.17) is 27.9 Å². The number of carbonyl (C=O) groups is 1. The molecule has 2 heterocycles.